The summed E-state index contributed by atoms with van der Waals surface area (Å²) in [5, 5.41) is 3.59. The Morgan fingerprint density at radius 3 is 2.74 bits per heavy atom. The highest BCUT2D eigenvalue weighted by Gasteiger charge is 2.38. The molecule has 2 aromatic carbocycles. The van der Waals surface area contributed by atoms with Crippen LogP contribution < -0.4 is 19.7 Å². The van der Waals surface area contributed by atoms with E-state index in [2.05, 4.69) is 11.4 Å². The first-order valence-corrected chi connectivity index (χ1v) is 9.55. The average Bonchev–Trinajstić information content (AvgIpc) is 3.16. The zero-order valence-electron chi connectivity index (χ0n) is 15.9. The van der Waals surface area contributed by atoms with Crippen molar-refractivity contribution in [1.29, 1.82) is 0 Å². The van der Waals surface area contributed by atoms with Gasteiger partial charge in [-0.2, -0.15) is 0 Å². The highest BCUT2D eigenvalue weighted by molar-refractivity contribution is 6.30. The molecule has 0 radical (unpaired) electrons. The molecule has 0 aromatic heterocycles. The maximum atomic E-state index is 12.8. The Balaban J connectivity index is 1.78. The number of nitrogens with one attached hydrogen (secondary N) is 2. The molecule has 1 aliphatic rings. The van der Waals surface area contributed by atoms with Gasteiger partial charge in [0.25, 0.3) is 5.91 Å². The first-order chi connectivity index (χ1) is 13.0. The van der Waals surface area contributed by atoms with Crippen molar-refractivity contribution >= 4 is 23.2 Å². The zero-order valence-corrected chi connectivity index (χ0v) is 16.7. The maximum absolute atomic E-state index is 12.8. The molecule has 0 saturated carbocycles. The van der Waals surface area contributed by atoms with E-state index in [0.29, 0.717) is 5.02 Å². The van der Waals surface area contributed by atoms with Crippen molar-refractivity contribution in [3.63, 3.8) is 0 Å². The van der Waals surface area contributed by atoms with Gasteiger partial charge in [0.1, 0.15) is 17.5 Å². The van der Waals surface area contributed by atoms with Crippen molar-refractivity contribution in [2.45, 2.75) is 31.8 Å². The minimum absolute atomic E-state index is 0.00774. The molecule has 2 N–H and O–H groups in total. The van der Waals surface area contributed by atoms with Crippen molar-refractivity contribution < 1.29 is 19.2 Å². The molecule has 6 heteroatoms. The van der Waals surface area contributed by atoms with Crippen LogP contribution in [0.1, 0.15) is 31.4 Å². The van der Waals surface area contributed by atoms with Gasteiger partial charge in [0.2, 0.25) is 0 Å². The largest absolute Gasteiger partial charge is 0.497 e. The number of likely N-dealkylation sites (tertiary alicyclic amines) is 1. The number of hydrogen-bond acceptors (Lipinski definition) is 3. The van der Waals surface area contributed by atoms with E-state index in [1.165, 1.54) is 4.90 Å². The van der Waals surface area contributed by atoms with Gasteiger partial charge in [-0.15, -0.1) is 0 Å². The maximum Gasteiger partial charge on any atom is 0.282 e. The lowest BCUT2D eigenvalue weighted by atomic mass is 10.0. The lowest BCUT2D eigenvalue weighted by Gasteiger charge is -2.28. The number of carbonyl (C=O) groups is 1. The standard InChI is InChI=1S/C21H25ClN2O3/c1-14(21(25)23-16-7-4-6-15(22)12-16)24-11-5-8-19(24)18-10-9-17(26-2)13-20(18)27-3/h4,6-7,9-10,12-14,19H,5,8,11H2,1-3H3,(H,23,25)/p+1/t14-,19+/m0/s1. The first-order valence-electron chi connectivity index (χ1n) is 9.17. The van der Waals surface area contributed by atoms with E-state index in [-0.39, 0.29) is 18.0 Å². The highest BCUT2D eigenvalue weighted by Crippen LogP contribution is 2.32. The van der Waals surface area contributed by atoms with E-state index in [1.54, 1.807) is 26.4 Å². The van der Waals surface area contributed by atoms with E-state index in [9.17, 15) is 4.79 Å². The van der Waals surface area contributed by atoms with Crippen LogP contribution in [0, 0.1) is 0 Å². The fraction of sp³-hybridized carbons (Fsp3) is 0.381. The van der Waals surface area contributed by atoms with E-state index in [1.807, 2.05) is 31.2 Å². The Labute approximate surface area is 165 Å². The van der Waals surface area contributed by atoms with Gasteiger partial charge in [0, 0.05) is 29.6 Å². The zero-order chi connectivity index (χ0) is 19.4. The van der Waals surface area contributed by atoms with Gasteiger partial charge in [-0.05, 0) is 37.3 Å². The van der Waals surface area contributed by atoms with E-state index in [4.69, 9.17) is 21.1 Å². The van der Waals surface area contributed by atoms with Crippen molar-refractivity contribution in [3.05, 3.63) is 53.1 Å². The molecule has 2 aromatic rings. The van der Waals surface area contributed by atoms with Crippen LogP contribution in [-0.2, 0) is 4.79 Å². The number of carbonyl (C=O) groups excluding carboxylic acids is 1. The van der Waals surface area contributed by atoms with E-state index >= 15 is 0 Å². The number of quaternary nitrogens is 1. The van der Waals surface area contributed by atoms with Crippen molar-refractivity contribution in [2.75, 3.05) is 26.1 Å². The third-order valence-electron chi connectivity index (χ3n) is 5.26. The second kappa shape index (κ2) is 8.63. The van der Waals surface area contributed by atoms with Crippen LogP contribution in [0.4, 0.5) is 5.69 Å². The molecule has 1 saturated heterocycles. The Hall–Kier alpha value is -2.24. The summed E-state index contributed by atoms with van der Waals surface area (Å²) in [4.78, 5) is 14.1. The van der Waals surface area contributed by atoms with Crippen LogP contribution >= 0.6 is 11.6 Å². The van der Waals surface area contributed by atoms with Crippen LogP contribution in [-0.4, -0.2) is 32.7 Å². The van der Waals surface area contributed by atoms with Crippen LogP contribution in [0.3, 0.4) is 0 Å². The topological polar surface area (TPSA) is 52.0 Å². The van der Waals surface area contributed by atoms with Gasteiger partial charge in [0.15, 0.2) is 6.04 Å². The van der Waals surface area contributed by atoms with Crippen LogP contribution in [0.5, 0.6) is 11.5 Å². The van der Waals surface area contributed by atoms with Gasteiger partial charge in [-0.3, -0.25) is 4.79 Å². The first kappa shape index (κ1) is 19.5. The third kappa shape index (κ3) is 4.37. The van der Waals surface area contributed by atoms with Crippen molar-refractivity contribution in [1.82, 2.24) is 0 Å². The summed E-state index contributed by atoms with van der Waals surface area (Å²) in [6, 6.07) is 13.2. The predicted octanol–water partition coefficient (Wildman–Crippen LogP) is 3.10. The average molecular weight is 390 g/mol. The molecule has 1 amide bonds. The normalized spacial score (nSPS) is 20.1. The van der Waals surface area contributed by atoms with Crippen LogP contribution in [0.25, 0.3) is 0 Å². The number of hydrogen-bond donors (Lipinski definition) is 2. The molecule has 1 heterocycles. The molecule has 1 fully saturated rings. The summed E-state index contributed by atoms with van der Waals surface area (Å²) in [7, 11) is 3.31. The quantitative estimate of drug-likeness (QED) is 0.798. The smallest absolute Gasteiger partial charge is 0.282 e. The number of ether oxygens (including phenoxy) is 2. The Bertz CT molecular complexity index is 812. The van der Waals surface area contributed by atoms with Gasteiger partial charge >= 0.3 is 0 Å². The molecule has 0 bridgehead atoms. The van der Waals surface area contributed by atoms with Gasteiger partial charge in [-0.1, -0.05) is 17.7 Å². The summed E-state index contributed by atoms with van der Waals surface area (Å²) in [5.41, 5.74) is 1.84. The predicted molar refractivity (Wildman–Crippen MR) is 107 cm³/mol. The summed E-state index contributed by atoms with van der Waals surface area (Å²) in [6.07, 6.45) is 2.09. The Morgan fingerprint density at radius 2 is 2.04 bits per heavy atom. The van der Waals surface area contributed by atoms with Gasteiger partial charge < -0.3 is 19.7 Å². The Morgan fingerprint density at radius 1 is 1.22 bits per heavy atom. The monoisotopic (exact) mass is 389 g/mol. The van der Waals surface area contributed by atoms with Gasteiger partial charge in [-0.25, -0.2) is 0 Å². The number of halogens is 1. The number of benzene rings is 2. The molecule has 1 unspecified atom stereocenters. The second-order valence-electron chi connectivity index (χ2n) is 6.85. The number of amides is 1. The van der Waals surface area contributed by atoms with Crippen molar-refractivity contribution in [2.24, 2.45) is 0 Å². The second-order valence-corrected chi connectivity index (χ2v) is 7.29. The van der Waals surface area contributed by atoms with Crippen molar-refractivity contribution in [3.8, 4) is 11.5 Å². The summed E-state index contributed by atoms with van der Waals surface area (Å²) in [5.74, 6) is 1.56. The number of rotatable bonds is 6. The third-order valence-corrected chi connectivity index (χ3v) is 5.50. The molecule has 3 atom stereocenters. The molecule has 3 rings (SSSR count). The summed E-state index contributed by atoms with van der Waals surface area (Å²) in [6.45, 7) is 2.92. The highest BCUT2D eigenvalue weighted by atomic mass is 35.5. The molecule has 5 nitrogen and oxygen atoms in total. The molecule has 0 spiro atoms. The van der Waals surface area contributed by atoms with Crippen LogP contribution in [0.2, 0.25) is 5.02 Å². The van der Waals surface area contributed by atoms with E-state index < -0.39 is 0 Å². The lowest BCUT2D eigenvalue weighted by Crippen LogP contribution is -3.15. The van der Waals surface area contributed by atoms with Gasteiger partial charge in [0.05, 0.1) is 26.3 Å². The fourth-order valence-electron chi connectivity index (χ4n) is 3.83. The molecular weight excluding hydrogens is 364 g/mol. The molecular formula is C21H26ClN2O3+. The fourth-order valence-corrected chi connectivity index (χ4v) is 4.03. The molecule has 1 aliphatic heterocycles. The molecule has 0 aliphatic carbocycles. The van der Waals surface area contributed by atoms with Crippen LogP contribution in [0.15, 0.2) is 42.5 Å². The molecule has 144 valence electrons. The lowest BCUT2D eigenvalue weighted by molar-refractivity contribution is -0.932. The number of methoxy groups -OCH3 is 2. The SMILES string of the molecule is COc1ccc([C@H]2CCC[NH+]2[C@@H](C)C(=O)Nc2cccc(Cl)c2)c(OC)c1. The van der Waals surface area contributed by atoms with E-state index in [0.717, 1.165) is 42.1 Å². The number of anilines is 1. The minimum Gasteiger partial charge on any atom is -0.497 e. The summed E-state index contributed by atoms with van der Waals surface area (Å²) >= 11 is 6.02. The summed E-state index contributed by atoms with van der Waals surface area (Å²) < 4.78 is 10.9. The minimum atomic E-state index is -0.191. The Kier molecular flexibility index (Phi) is 6.24. The molecule has 27 heavy (non-hydrogen) atoms.